The largest absolute Gasteiger partial charge is 0.287 e. The Morgan fingerprint density at radius 2 is 1.86 bits per heavy atom. The molecular weight excluding hydrogens is 527 g/mol. The summed E-state index contributed by atoms with van der Waals surface area (Å²) in [6, 6.07) is 16.5. The van der Waals surface area contributed by atoms with Gasteiger partial charge in [-0.25, -0.2) is 17.9 Å². The van der Waals surface area contributed by atoms with Crippen molar-refractivity contribution in [2.75, 3.05) is 11.4 Å². The minimum atomic E-state index is -3.89. The van der Waals surface area contributed by atoms with Gasteiger partial charge in [0.1, 0.15) is 0 Å². The lowest BCUT2D eigenvalue weighted by Gasteiger charge is -2.20. The van der Waals surface area contributed by atoms with Crippen molar-refractivity contribution in [1.29, 1.82) is 0 Å². The van der Waals surface area contributed by atoms with Crippen LogP contribution in [0, 0.1) is 0 Å². The second kappa shape index (κ2) is 9.09. The number of anilines is 1. The van der Waals surface area contributed by atoms with E-state index in [0.717, 1.165) is 0 Å². The van der Waals surface area contributed by atoms with Crippen LogP contribution in [0.1, 0.15) is 15.2 Å². The normalized spacial score (nSPS) is 11.6. The lowest BCUT2D eigenvalue weighted by atomic mass is 10.1. The summed E-state index contributed by atoms with van der Waals surface area (Å²) in [6.45, 7) is 0. The molecule has 0 aliphatic heterocycles. The molecule has 0 aliphatic carbocycles. The number of aromatic nitrogens is 3. The van der Waals surface area contributed by atoms with Gasteiger partial charge in [0.25, 0.3) is 10.0 Å². The number of halogens is 2. The van der Waals surface area contributed by atoms with Gasteiger partial charge in [0.15, 0.2) is 5.65 Å². The number of hydrogen-bond acceptors (Lipinski definition) is 6. The quantitative estimate of drug-likeness (QED) is 0.252. The summed E-state index contributed by atoms with van der Waals surface area (Å²) in [5.74, 6) is -0.152. The maximum Gasteiger partial charge on any atom is 0.264 e. The molecule has 0 saturated heterocycles. The van der Waals surface area contributed by atoms with E-state index < -0.39 is 10.0 Å². The summed E-state index contributed by atoms with van der Waals surface area (Å²) in [6.07, 6.45) is 3.10. The number of nitrogens with zero attached hydrogens (tertiary/aromatic N) is 4. The fraction of sp³-hybridized carbons (Fsp3) is 0.0417. The van der Waals surface area contributed by atoms with Gasteiger partial charge < -0.3 is 0 Å². The van der Waals surface area contributed by atoms with E-state index in [1.54, 1.807) is 41.0 Å². The maximum atomic E-state index is 13.2. The highest BCUT2D eigenvalue weighted by Crippen LogP contribution is 2.31. The molecule has 0 fully saturated rings. The van der Waals surface area contributed by atoms with E-state index in [1.807, 2.05) is 17.5 Å². The van der Waals surface area contributed by atoms with Crippen molar-refractivity contribution < 1.29 is 13.2 Å². The Morgan fingerprint density at radius 1 is 1.03 bits per heavy atom. The standard InChI is InChI=1S/C24H16Cl2N4O3S2/c1-29(35(32,33)17-7-8-19(25)20(26)13-17)16-5-2-4-15(12-16)21-9-10-27-24-18(14-28-30(21)24)23(31)22-6-3-11-34-22/h2-14H,1H3. The van der Waals surface area contributed by atoms with Crippen molar-refractivity contribution in [3.8, 4) is 11.3 Å². The van der Waals surface area contributed by atoms with Crippen molar-refractivity contribution in [3.63, 3.8) is 0 Å². The smallest absolute Gasteiger partial charge is 0.264 e. The molecule has 0 bridgehead atoms. The van der Waals surface area contributed by atoms with Crippen LogP contribution in [0.5, 0.6) is 0 Å². The van der Waals surface area contributed by atoms with Crippen LogP contribution in [0.2, 0.25) is 10.0 Å². The van der Waals surface area contributed by atoms with Crippen molar-refractivity contribution in [1.82, 2.24) is 14.6 Å². The maximum absolute atomic E-state index is 13.2. The Morgan fingerprint density at radius 3 is 2.60 bits per heavy atom. The molecule has 35 heavy (non-hydrogen) atoms. The molecule has 176 valence electrons. The number of carbonyl (C=O) groups is 1. The number of hydrogen-bond donors (Lipinski definition) is 0. The van der Waals surface area contributed by atoms with Crippen molar-refractivity contribution in [2.24, 2.45) is 0 Å². The molecule has 3 heterocycles. The predicted octanol–water partition coefficient (Wildman–Crippen LogP) is 5.82. The molecule has 0 atom stereocenters. The molecular formula is C24H16Cl2N4O3S2. The zero-order chi connectivity index (χ0) is 24.7. The number of sulfonamides is 1. The molecule has 2 aromatic carbocycles. The van der Waals surface area contributed by atoms with Gasteiger partial charge in [0, 0.05) is 18.8 Å². The van der Waals surface area contributed by atoms with Gasteiger partial charge in [-0.05, 0) is 47.8 Å². The summed E-state index contributed by atoms with van der Waals surface area (Å²) in [4.78, 5) is 17.9. The van der Waals surface area contributed by atoms with Crippen LogP contribution in [-0.2, 0) is 10.0 Å². The third-order valence-electron chi connectivity index (χ3n) is 5.45. The predicted molar refractivity (Wildman–Crippen MR) is 138 cm³/mol. The second-order valence-electron chi connectivity index (χ2n) is 7.53. The molecule has 0 spiro atoms. The average Bonchev–Trinajstić information content (AvgIpc) is 3.55. The zero-order valence-electron chi connectivity index (χ0n) is 18.1. The third kappa shape index (κ3) is 4.21. The van der Waals surface area contributed by atoms with Crippen LogP contribution < -0.4 is 4.31 Å². The van der Waals surface area contributed by atoms with Gasteiger partial charge in [-0.2, -0.15) is 5.10 Å². The van der Waals surface area contributed by atoms with E-state index in [9.17, 15) is 13.2 Å². The highest BCUT2D eigenvalue weighted by molar-refractivity contribution is 7.92. The van der Waals surface area contributed by atoms with Crippen LogP contribution in [0.25, 0.3) is 16.9 Å². The number of fused-ring (bicyclic) bond motifs is 1. The lowest BCUT2D eigenvalue weighted by Crippen LogP contribution is -2.26. The first kappa shape index (κ1) is 23.5. The average molecular weight is 543 g/mol. The van der Waals surface area contributed by atoms with Crippen LogP contribution in [0.4, 0.5) is 5.69 Å². The summed E-state index contributed by atoms with van der Waals surface area (Å²) in [5.41, 5.74) is 2.60. The molecule has 0 aliphatic rings. The van der Waals surface area contributed by atoms with Crippen LogP contribution in [0.3, 0.4) is 0 Å². The molecule has 5 aromatic rings. The van der Waals surface area contributed by atoms with E-state index in [4.69, 9.17) is 23.2 Å². The van der Waals surface area contributed by atoms with Crippen LogP contribution in [0.15, 0.2) is 83.3 Å². The molecule has 5 rings (SSSR count). The van der Waals surface area contributed by atoms with Gasteiger partial charge >= 0.3 is 0 Å². The molecule has 11 heteroatoms. The van der Waals surface area contributed by atoms with Gasteiger partial charge in [0.2, 0.25) is 5.78 Å². The molecule has 0 unspecified atom stereocenters. The zero-order valence-corrected chi connectivity index (χ0v) is 21.2. The van der Waals surface area contributed by atoms with E-state index >= 15 is 0 Å². The SMILES string of the molecule is CN(c1cccc(-c2ccnc3c(C(=O)c4cccs4)cnn23)c1)S(=O)(=O)c1ccc(Cl)c(Cl)c1. The Hall–Kier alpha value is -3.24. The molecule has 3 aromatic heterocycles. The Balaban J connectivity index is 1.54. The second-order valence-corrected chi connectivity index (χ2v) is 11.3. The van der Waals surface area contributed by atoms with Gasteiger partial charge in [0.05, 0.1) is 43.0 Å². The summed E-state index contributed by atoms with van der Waals surface area (Å²) >= 11 is 13.3. The fourth-order valence-electron chi connectivity index (χ4n) is 3.61. The van der Waals surface area contributed by atoms with Crippen molar-refractivity contribution in [2.45, 2.75) is 4.90 Å². The van der Waals surface area contributed by atoms with Gasteiger partial charge in [-0.3, -0.25) is 9.10 Å². The minimum Gasteiger partial charge on any atom is -0.287 e. The number of ketones is 1. The fourth-order valence-corrected chi connectivity index (χ4v) is 5.86. The summed E-state index contributed by atoms with van der Waals surface area (Å²) in [5, 5.41) is 6.66. The Kier molecular flexibility index (Phi) is 6.10. The molecule has 0 amide bonds. The van der Waals surface area contributed by atoms with Crippen molar-refractivity contribution >= 4 is 61.7 Å². The molecule has 0 saturated carbocycles. The van der Waals surface area contributed by atoms with E-state index in [0.29, 0.717) is 33.0 Å². The van der Waals surface area contributed by atoms with Crippen LogP contribution in [-0.4, -0.2) is 35.8 Å². The van der Waals surface area contributed by atoms with Gasteiger partial charge in [-0.15, -0.1) is 11.3 Å². The van der Waals surface area contributed by atoms with E-state index in [1.165, 1.54) is 47.1 Å². The van der Waals surface area contributed by atoms with Crippen molar-refractivity contribution in [3.05, 3.63) is 98.9 Å². The number of benzene rings is 2. The topological polar surface area (TPSA) is 84.6 Å². The number of thiophene rings is 1. The third-order valence-corrected chi connectivity index (χ3v) is 8.84. The van der Waals surface area contributed by atoms with E-state index in [-0.39, 0.29) is 20.7 Å². The Bertz CT molecular complexity index is 1680. The lowest BCUT2D eigenvalue weighted by molar-refractivity contribution is 0.104. The Labute approximate surface area is 215 Å². The highest BCUT2D eigenvalue weighted by atomic mass is 35.5. The molecule has 0 N–H and O–H groups in total. The highest BCUT2D eigenvalue weighted by Gasteiger charge is 2.23. The minimum absolute atomic E-state index is 0.0231. The van der Waals surface area contributed by atoms with E-state index in [2.05, 4.69) is 10.1 Å². The first-order chi connectivity index (χ1) is 16.8. The number of carbonyl (C=O) groups excluding carboxylic acids is 1. The number of rotatable bonds is 6. The first-order valence-corrected chi connectivity index (χ1v) is 13.3. The summed E-state index contributed by atoms with van der Waals surface area (Å²) in [7, 11) is -2.43. The molecule has 0 radical (unpaired) electrons. The first-order valence-electron chi connectivity index (χ1n) is 10.2. The van der Waals surface area contributed by atoms with Gasteiger partial charge in [-0.1, -0.05) is 41.4 Å². The molecule has 7 nitrogen and oxygen atoms in total. The monoisotopic (exact) mass is 542 g/mol. The van der Waals surface area contributed by atoms with Crippen LogP contribution >= 0.6 is 34.5 Å². The summed E-state index contributed by atoms with van der Waals surface area (Å²) < 4.78 is 29.2.